The molecule has 86 valence electrons. The number of ketones is 1. The molecular weight excluding hydrogens is 208 g/mol. The summed E-state index contributed by atoms with van der Waals surface area (Å²) >= 11 is 0. The van der Waals surface area contributed by atoms with Crippen molar-refractivity contribution in [3.8, 4) is 5.75 Å². The molecule has 0 atom stereocenters. The van der Waals surface area contributed by atoms with E-state index < -0.39 is 0 Å². The number of ether oxygens (including phenoxy) is 3. The quantitative estimate of drug-likeness (QED) is 0.421. The van der Waals surface area contributed by atoms with E-state index in [4.69, 9.17) is 14.2 Å². The van der Waals surface area contributed by atoms with E-state index in [0.717, 1.165) is 0 Å². The van der Waals surface area contributed by atoms with Gasteiger partial charge >= 0.3 is 0 Å². The van der Waals surface area contributed by atoms with Crippen LogP contribution >= 0.6 is 0 Å². The summed E-state index contributed by atoms with van der Waals surface area (Å²) in [7, 11) is 1.45. The van der Waals surface area contributed by atoms with Crippen LogP contribution < -0.4 is 4.74 Å². The lowest BCUT2D eigenvalue weighted by Gasteiger charge is -2.11. The molecule has 0 saturated carbocycles. The summed E-state index contributed by atoms with van der Waals surface area (Å²) in [5.74, 6) is 0.598. The maximum Gasteiger partial charge on any atom is 0.274 e. The summed E-state index contributed by atoms with van der Waals surface area (Å²) in [6.07, 6.45) is 0. The second kappa shape index (κ2) is 5.80. The van der Waals surface area contributed by atoms with Crippen molar-refractivity contribution in [2.24, 2.45) is 0 Å². The van der Waals surface area contributed by atoms with E-state index in [1.807, 2.05) is 0 Å². The van der Waals surface area contributed by atoms with E-state index in [1.165, 1.54) is 14.0 Å². The largest absolute Gasteiger partial charge is 0.469 e. The van der Waals surface area contributed by atoms with Crippen molar-refractivity contribution in [2.75, 3.05) is 13.9 Å². The fourth-order valence-corrected chi connectivity index (χ4v) is 1.10. The molecule has 1 aromatic carbocycles. The number of Topliss-reactive ketones (excluding diaryl/α,β-unsaturated/α-hetero) is 1. The zero-order valence-electron chi connectivity index (χ0n) is 9.36. The van der Waals surface area contributed by atoms with E-state index >= 15 is 0 Å². The first kappa shape index (κ1) is 12.1. The minimum atomic E-state index is -0.0545. The van der Waals surface area contributed by atoms with Crippen molar-refractivity contribution in [3.63, 3.8) is 0 Å². The van der Waals surface area contributed by atoms with Crippen LogP contribution in [-0.2, 0) is 9.47 Å². The van der Waals surface area contributed by atoms with Gasteiger partial charge in [0.25, 0.3) is 5.95 Å². The summed E-state index contributed by atoms with van der Waals surface area (Å²) < 4.78 is 15.0. The third kappa shape index (κ3) is 3.31. The number of hydrogen-bond donors (Lipinski definition) is 0. The Morgan fingerprint density at radius 3 is 2.69 bits per heavy atom. The molecule has 4 nitrogen and oxygen atoms in total. The van der Waals surface area contributed by atoms with E-state index in [1.54, 1.807) is 24.3 Å². The van der Waals surface area contributed by atoms with Crippen molar-refractivity contribution in [1.82, 2.24) is 0 Å². The molecule has 0 N–H and O–H groups in total. The number of hydrogen-bond acceptors (Lipinski definition) is 4. The lowest BCUT2D eigenvalue weighted by molar-refractivity contribution is -0.0113. The minimum Gasteiger partial charge on any atom is -0.469 e. The number of rotatable bonds is 6. The molecule has 0 unspecified atom stereocenters. The average Bonchev–Trinajstić information content (AvgIpc) is 2.29. The molecular formula is C12H14O4. The van der Waals surface area contributed by atoms with Crippen LogP contribution in [0.15, 0.2) is 36.8 Å². The maximum absolute atomic E-state index is 11.3. The summed E-state index contributed by atoms with van der Waals surface area (Å²) in [4.78, 5) is 11.3. The van der Waals surface area contributed by atoms with Gasteiger partial charge in [-0.05, 0) is 25.6 Å². The summed E-state index contributed by atoms with van der Waals surface area (Å²) in [5.41, 5.74) is 0.522. The van der Waals surface area contributed by atoms with E-state index in [9.17, 15) is 4.79 Å². The van der Waals surface area contributed by atoms with Crippen molar-refractivity contribution >= 4 is 5.78 Å². The minimum absolute atomic E-state index is 0.0447. The fourth-order valence-electron chi connectivity index (χ4n) is 1.10. The number of carbonyl (C=O) groups excluding carboxylic acids is 1. The molecule has 0 spiro atoms. The van der Waals surface area contributed by atoms with E-state index in [-0.39, 0.29) is 18.5 Å². The van der Waals surface area contributed by atoms with Gasteiger partial charge in [-0.3, -0.25) is 4.79 Å². The molecule has 4 heteroatoms. The average molecular weight is 222 g/mol. The van der Waals surface area contributed by atoms with Crippen LogP contribution in [0.1, 0.15) is 17.3 Å². The van der Waals surface area contributed by atoms with E-state index in [2.05, 4.69) is 6.58 Å². The van der Waals surface area contributed by atoms with Crippen LogP contribution in [0.2, 0.25) is 0 Å². The van der Waals surface area contributed by atoms with Gasteiger partial charge in [0.1, 0.15) is 5.75 Å². The molecule has 0 amide bonds. The van der Waals surface area contributed by atoms with Gasteiger partial charge in [-0.15, -0.1) is 0 Å². The van der Waals surface area contributed by atoms with Crippen LogP contribution in [0.25, 0.3) is 0 Å². The Bertz CT molecular complexity index is 384. The number of methoxy groups -OCH3 is 1. The number of carbonyl (C=O) groups is 1. The lowest BCUT2D eigenvalue weighted by atomic mass is 10.1. The SMILES string of the molecule is C=C(OC)OCOc1ccccc1C(C)=O. The number of benzene rings is 1. The van der Waals surface area contributed by atoms with Gasteiger partial charge in [-0.1, -0.05) is 12.1 Å². The predicted molar refractivity (Wildman–Crippen MR) is 59.2 cm³/mol. The van der Waals surface area contributed by atoms with Crippen molar-refractivity contribution in [1.29, 1.82) is 0 Å². The van der Waals surface area contributed by atoms with Crippen molar-refractivity contribution in [2.45, 2.75) is 6.92 Å². The van der Waals surface area contributed by atoms with E-state index in [0.29, 0.717) is 11.3 Å². The first-order chi connectivity index (χ1) is 7.65. The molecule has 0 radical (unpaired) electrons. The Balaban J connectivity index is 2.60. The van der Waals surface area contributed by atoms with Crippen LogP contribution in [0, 0.1) is 0 Å². The molecule has 0 bridgehead atoms. The van der Waals surface area contributed by atoms with Gasteiger partial charge in [-0.2, -0.15) is 0 Å². The van der Waals surface area contributed by atoms with Gasteiger partial charge in [-0.25, -0.2) is 0 Å². The zero-order valence-corrected chi connectivity index (χ0v) is 9.36. The summed E-state index contributed by atoms with van der Waals surface area (Å²) in [6, 6.07) is 6.96. The van der Waals surface area contributed by atoms with Crippen LogP contribution in [0.4, 0.5) is 0 Å². The van der Waals surface area contributed by atoms with Gasteiger partial charge in [0.15, 0.2) is 5.78 Å². The second-order valence-corrected chi connectivity index (χ2v) is 3.04. The smallest absolute Gasteiger partial charge is 0.274 e. The Labute approximate surface area is 94.4 Å². The Hall–Kier alpha value is -1.97. The molecule has 0 aliphatic rings. The van der Waals surface area contributed by atoms with Crippen LogP contribution in [-0.4, -0.2) is 19.7 Å². The third-order valence-electron chi connectivity index (χ3n) is 1.93. The summed E-state index contributed by atoms with van der Waals surface area (Å²) in [5, 5.41) is 0. The highest BCUT2D eigenvalue weighted by Gasteiger charge is 2.07. The Kier molecular flexibility index (Phi) is 4.39. The molecule has 0 aliphatic carbocycles. The van der Waals surface area contributed by atoms with Gasteiger partial charge in [0, 0.05) is 0 Å². The Morgan fingerprint density at radius 1 is 1.38 bits per heavy atom. The molecule has 0 heterocycles. The topological polar surface area (TPSA) is 44.8 Å². The molecule has 16 heavy (non-hydrogen) atoms. The highest BCUT2D eigenvalue weighted by molar-refractivity contribution is 5.96. The highest BCUT2D eigenvalue weighted by Crippen LogP contribution is 2.18. The number of para-hydroxylation sites is 1. The van der Waals surface area contributed by atoms with Crippen LogP contribution in [0.3, 0.4) is 0 Å². The maximum atomic E-state index is 11.3. The molecule has 1 rings (SSSR count). The molecule has 0 saturated heterocycles. The van der Waals surface area contributed by atoms with Crippen molar-refractivity contribution in [3.05, 3.63) is 42.4 Å². The third-order valence-corrected chi connectivity index (χ3v) is 1.93. The molecule has 1 aromatic rings. The second-order valence-electron chi connectivity index (χ2n) is 3.04. The van der Waals surface area contributed by atoms with Gasteiger partial charge in [0.2, 0.25) is 6.79 Å². The molecule has 0 aromatic heterocycles. The fraction of sp³-hybridized carbons (Fsp3) is 0.250. The normalized spacial score (nSPS) is 9.38. The molecule has 0 fully saturated rings. The highest BCUT2D eigenvalue weighted by atomic mass is 16.7. The predicted octanol–water partition coefficient (Wildman–Crippen LogP) is 2.36. The first-order valence-corrected chi connectivity index (χ1v) is 4.73. The standard InChI is InChI=1S/C12H14O4/c1-9(13)11-6-4-5-7-12(11)16-8-15-10(2)14-3/h4-7H,2,8H2,1,3H3. The zero-order chi connectivity index (χ0) is 12.0. The summed E-state index contributed by atoms with van der Waals surface area (Å²) in [6.45, 7) is 4.91. The monoisotopic (exact) mass is 222 g/mol. The lowest BCUT2D eigenvalue weighted by Crippen LogP contribution is -2.06. The van der Waals surface area contributed by atoms with Gasteiger partial charge < -0.3 is 14.2 Å². The first-order valence-electron chi connectivity index (χ1n) is 4.73. The van der Waals surface area contributed by atoms with Crippen LogP contribution in [0.5, 0.6) is 5.75 Å². The molecule has 0 aliphatic heterocycles. The Morgan fingerprint density at radius 2 is 2.06 bits per heavy atom. The van der Waals surface area contributed by atoms with Gasteiger partial charge in [0.05, 0.1) is 12.7 Å². The van der Waals surface area contributed by atoms with Crippen molar-refractivity contribution < 1.29 is 19.0 Å².